The van der Waals surface area contributed by atoms with Crippen molar-refractivity contribution in [2.45, 2.75) is 51.9 Å². The number of aromatic nitrogens is 2. The smallest absolute Gasteiger partial charge is 0.335 e. The van der Waals surface area contributed by atoms with Gasteiger partial charge in [-0.05, 0) is 86.1 Å². The number of carbonyl (C=O) groups is 3. The monoisotopic (exact) mass is 714 g/mol. The van der Waals surface area contributed by atoms with Gasteiger partial charge in [-0.1, -0.05) is 30.3 Å². The van der Waals surface area contributed by atoms with Crippen LogP contribution in [-0.4, -0.2) is 68.2 Å². The maximum absolute atomic E-state index is 14.3. The van der Waals surface area contributed by atoms with Crippen molar-refractivity contribution in [2.75, 3.05) is 18.0 Å². The third-order valence-corrected chi connectivity index (χ3v) is 9.41. The Morgan fingerprint density at radius 3 is 2.21 bits per heavy atom. The second-order valence-electron chi connectivity index (χ2n) is 13.1. The van der Waals surface area contributed by atoms with E-state index in [9.17, 15) is 19.5 Å². The molecule has 0 radical (unpaired) electrons. The highest BCUT2D eigenvalue weighted by molar-refractivity contribution is 6.06. The van der Waals surface area contributed by atoms with Gasteiger partial charge < -0.3 is 35.3 Å². The van der Waals surface area contributed by atoms with E-state index in [2.05, 4.69) is 5.32 Å². The van der Waals surface area contributed by atoms with Crippen molar-refractivity contribution in [3.8, 4) is 5.75 Å². The number of anilines is 1. The zero-order valence-electron chi connectivity index (χ0n) is 29.6. The van der Waals surface area contributed by atoms with Crippen LogP contribution in [0.15, 0.2) is 97.1 Å². The highest BCUT2D eigenvalue weighted by Gasteiger charge is 2.25. The van der Waals surface area contributed by atoms with Crippen LogP contribution in [0.5, 0.6) is 5.75 Å². The lowest BCUT2D eigenvalue weighted by Crippen LogP contribution is -2.40. The fraction of sp³-hybridized carbons (Fsp3) is 0.250. The molecule has 272 valence electrons. The van der Waals surface area contributed by atoms with Gasteiger partial charge in [0, 0.05) is 42.7 Å². The largest absolute Gasteiger partial charge is 0.490 e. The van der Waals surface area contributed by atoms with Crippen LogP contribution in [0.2, 0.25) is 0 Å². The summed E-state index contributed by atoms with van der Waals surface area (Å²) in [5.41, 5.74) is 9.19. The van der Waals surface area contributed by atoms with E-state index < -0.39 is 11.9 Å². The van der Waals surface area contributed by atoms with E-state index in [0.717, 1.165) is 31.5 Å². The molecule has 1 aliphatic heterocycles. The van der Waals surface area contributed by atoms with Gasteiger partial charge in [0.1, 0.15) is 30.1 Å². The third-order valence-electron chi connectivity index (χ3n) is 9.41. The van der Waals surface area contributed by atoms with Gasteiger partial charge in [-0.25, -0.2) is 9.78 Å². The standard InChI is InChI=1S/C40H42N8O5/c1-25(27-6-4-3-5-7-27)44-37(49)24-48-35-17-12-30(38(42)43)22-34(35)45-36(48)23-47(39(50)28-8-10-29(11-9-28)40(51)52)31-13-15-32(16-14-31)53-33-18-20-46(21-19-33)26(2)41/h3-17,22,25,33,41H,18-21,23-24H2,1-2H3,(H3,42,43)(H,44,49)(H,51,52)/t25-/m0/s1. The van der Waals surface area contributed by atoms with Crippen LogP contribution in [-0.2, 0) is 17.9 Å². The molecule has 6 rings (SSSR count). The minimum absolute atomic E-state index is 0.00232. The predicted octanol–water partition coefficient (Wildman–Crippen LogP) is 5.58. The molecule has 0 bridgehead atoms. The fourth-order valence-electron chi connectivity index (χ4n) is 6.44. The van der Waals surface area contributed by atoms with E-state index in [1.807, 2.05) is 42.2 Å². The molecule has 13 heteroatoms. The number of hydrogen-bond donors (Lipinski definition) is 5. The Balaban J connectivity index is 1.33. The molecule has 2 amide bonds. The van der Waals surface area contributed by atoms with Gasteiger partial charge in [-0.3, -0.25) is 20.4 Å². The molecule has 13 nitrogen and oxygen atoms in total. The molecule has 0 unspecified atom stereocenters. The molecule has 2 heterocycles. The van der Waals surface area contributed by atoms with Crippen LogP contribution in [0, 0.1) is 10.8 Å². The molecular formula is C40H42N8O5. The number of aromatic carboxylic acids is 1. The van der Waals surface area contributed by atoms with Gasteiger partial charge in [0.2, 0.25) is 5.91 Å². The highest BCUT2D eigenvalue weighted by Crippen LogP contribution is 2.27. The number of amides is 2. The van der Waals surface area contributed by atoms with Crippen LogP contribution >= 0.6 is 0 Å². The van der Waals surface area contributed by atoms with Crippen molar-refractivity contribution < 1.29 is 24.2 Å². The third kappa shape index (κ3) is 8.52. The summed E-state index contributed by atoms with van der Waals surface area (Å²) in [6.07, 6.45) is 1.57. The number of carboxylic acid groups (broad SMARTS) is 1. The van der Waals surface area contributed by atoms with Gasteiger partial charge in [0.15, 0.2) is 0 Å². The quantitative estimate of drug-likeness (QED) is 0.0817. The number of hydrogen-bond acceptors (Lipinski definition) is 7. The van der Waals surface area contributed by atoms with E-state index >= 15 is 0 Å². The molecular weight excluding hydrogens is 672 g/mol. The number of rotatable bonds is 12. The van der Waals surface area contributed by atoms with Crippen molar-refractivity contribution in [3.63, 3.8) is 0 Å². The molecule has 1 aliphatic rings. The minimum atomic E-state index is -1.10. The van der Waals surface area contributed by atoms with Crippen molar-refractivity contribution in [1.82, 2.24) is 19.8 Å². The Morgan fingerprint density at radius 1 is 0.943 bits per heavy atom. The number of ether oxygens (including phenoxy) is 1. The van der Waals surface area contributed by atoms with Crippen molar-refractivity contribution >= 4 is 46.2 Å². The molecule has 0 saturated carbocycles. The number of benzene rings is 4. The Bertz CT molecular complexity index is 2140. The number of fused-ring (bicyclic) bond motifs is 1. The second kappa shape index (κ2) is 15.8. The van der Waals surface area contributed by atoms with Crippen molar-refractivity contribution in [3.05, 3.63) is 125 Å². The van der Waals surface area contributed by atoms with Gasteiger partial charge in [0.25, 0.3) is 5.91 Å². The molecule has 1 saturated heterocycles. The average molecular weight is 715 g/mol. The Kier molecular flexibility index (Phi) is 10.8. The van der Waals surface area contributed by atoms with Gasteiger partial charge in [0.05, 0.1) is 35.0 Å². The van der Waals surface area contributed by atoms with E-state index in [-0.39, 0.29) is 48.1 Å². The number of nitrogens with zero attached hydrogens (tertiary/aromatic N) is 4. The Hall–Kier alpha value is -6.50. The summed E-state index contributed by atoms with van der Waals surface area (Å²) in [6, 6.07) is 27.4. The van der Waals surface area contributed by atoms with Crippen molar-refractivity contribution in [1.29, 1.82) is 10.8 Å². The first-order valence-corrected chi connectivity index (χ1v) is 17.4. The molecule has 1 fully saturated rings. The number of amidine groups is 2. The summed E-state index contributed by atoms with van der Waals surface area (Å²) >= 11 is 0. The van der Waals surface area contributed by atoms with Gasteiger partial charge >= 0.3 is 5.97 Å². The molecule has 1 aromatic heterocycles. The molecule has 6 N–H and O–H groups in total. The van der Waals surface area contributed by atoms with Crippen molar-refractivity contribution in [2.24, 2.45) is 5.73 Å². The highest BCUT2D eigenvalue weighted by atomic mass is 16.5. The Morgan fingerprint density at radius 2 is 1.58 bits per heavy atom. The summed E-state index contributed by atoms with van der Waals surface area (Å²) in [5, 5.41) is 28.3. The number of carboxylic acids is 1. The first-order valence-electron chi connectivity index (χ1n) is 17.4. The first-order chi connectivity index (χ1) is 25.5. The summed E-state index contributed by atoms with van der Waals surface area (Å²) in [4.78, 5) is 47.8. The van der Waals surface area contributed by atoms with E-state index in [4.69, 9.17) is 26.3 Å². The summed E-state index contributed by atoms with van der Waals surface area (Å²) in [7, 11) is 0. The number of nitrogens with one attached hydrogen (secondary N) is 3. The zero-order valence-corrected chi connectivity index (χ0v) is 29.6. The topological polar surface area (TPSA) is 191 Å². The van der Waals surface area contributed by atoms with E-state index in [1.165, 1.54) is 29.2 Å². The second-order valence-corrected chi connectivity index (χ2v) is 13.1. The van der Waals surface area contributed by atoms with Crippen LogP contribution in [0.1, 0.15) is 70.4 Å². The van der Waals surface area contributed by atoms with Crippen LogP contribution in [0.25, 0.3) is 11.0 Å². The number of nitrogen functional groups attached to an aromatic ring is 1. The SMILES string of the molecule is CC(=N)N1CCC(Oc2ccc(N(Cc3nc4cc(C(=N)N)ccc4n3CC(=O)N[C@@H](C)c3ccccc3)C(=O)c3ccc(C(=O)O)cc3)cc2)CC1. The lowest BCUT2D eigenvalue weighted by molar-refractivity contribution is -0.122. The molecule has 4 aromatic carbocycles. The maximum Gasteiger partial charge on any atom is 0.335 e. The number of piperidine rings is 1. The van der Waals surface area contributed by atoms with Gasteiger partial charge in [-0.15, -0.1) is 0 Å². The molecule has 0 aliphatic carbocycles. The summed E-state index contributed by atoms with van der Waals surface area (Å²) < 4.78 is 8.02. The normalized spacial score (nSPS) is 13.7. The van der Waals surface area contributed by atoms with Crippen LogP contribution < -0.4 is 20.7 Å². The molecule has 0 spiro atoms. The van der Waals surface area contributed by atoms with E-state index in [0.29, 0.717) is 39.7 Å². The average Bonchev–Trinajstić information content (AvgIpc) is 3.50. The summed E-state index contributed by atoms with van der Waals surface area (Å²) in [5.74, 6) is -0.300. The lowest BCUT2D eigenvalue weighted by Gasteiger charge is -2.33. The zero-order chi connectivity index (χ0) is 37.6. The van der Waals surface area contributed by atoms with E-state index in [1.54, 1.807) is 54.0 Å². The van der Waals surface area contributed by atoms with Gasteiger partial charge in [-0.2, -0.15) is 0 Å². The maximum atomic E-state index is 14.3. The first kappa shape index (κ1) is 36.3. The van der Waals surface area contributed by atoms with Crippen LogP contribution in [0.4, 0.5) is 5.69 Å². The molecule has 1 atom stereocenters. The fourth-order valence-corrected chi connectivity index (χ4v) is 6.44. The minimum Gasteiger partial charge on any atom is -0.490 e. The Labute approximate surface area is 307 Å². The molecule has 5 aromatic rings. The number of carbonyl (C=O) groups excluding carboxylic acids is 2. The molecule has 53 heavy (non-hydrogen) atoms. The number of likely N-dealkylation sites (tertiary alicyclic amines) is 1. The lowest BCUT2D eigenvalue weighted by atomic mass is 10.1. The number of nitrogens with two attached hydrogens (primary N) is 1. The summed E-state index contributed by atoms with van der Waals surface area (Å²) in [6.45, 7) is 5.04. The number of imidazole rings is 1. The predicted molar refractivity (Wildman–Crippen MR) is 203 cm³/mol. The van der Waals surface area contributed by atoms with Crippen LogP contribution in [0.3, 0.4) is 0 Å².